The van der Waals surface area contributed by atoms with Crippen LogP contribution in [0.15, 0.2) is 39.5 Å². The van der Waals surface area contributed by atoms with Crippen molar-refractivity contribution in [3.05, 3.63) is 45.5 Å². The summed E-state index contributed by atoms with van der Waals surface area (Å²) in [5.74, 6) is -1.43. The van der Waals surface area contributed by atoms with E-state index in [1.54, 1.807) is 13.8 Å². The summed E-state index contributed by atoms with van der Waals surface area (Å²) in [5.41, 5.74) is 5.68. The average Bonchev–Trinajstić information content (AvgIpc) is 2.98. The number of carbonyl (C=O) groups excluding carboxylic acids is 1. The van der Waals surface area contributed by atoms with Gasteiger partial charge in [0.25, 0.3) is 5.56 Å². The third kappa shape index (κ3) is 3.55. The number of aromatic nitrogens is 3. The summed E-state index contributed by atoms with van der Waals surface area (Å²) in [6.07, 6.45) is 5.05. The molecule has 0 aliphatic heterocycles. The topological polar surface area (TPSA) is 145 Å². The summed E-state index contributed by atoms with van der Waals surface area (Å²) in [5, 5.41) is 9.27. The zero-order valence-corrected chi connectivity index (χ0v) is 16.0. The first-order valence-electron chi connectivity index (χ1n) is 7.85. The summed E-state index contributed by atoms with van der Waals surface area (Å²) in [6, 6.07) is 0. The first-order valence-corrected chi connectivity index (χ1v) is 10.3. The summed E-state index contributed by atoms with van der Waals surface area (Å²) in [4.78, 5) is 27.5. The van der Waals surface area contributed by atoms with Crippen LogP contribution in [0.1, 0.15) is 19.4 Å². The van der Waals surface area contributed by atoms with Gasteiger partial charge in [-0.05, 0) is 29.7 Å². The Balaban J connectivity index is 2.22. The van der Waals surface area contributed by atoms with Gasteiger partial charge < -0.3 is 10.8 Å². The molecule has 2 heterocycles. The van der Waals surface area contributed by atoms with Gasteiger partial charge in [0.2, 0.25) is 25.7 Å². The first-order chi connectivity index (χ1) is 12.6. The number of hydrogen-bond donors (Lipinski definition) is 2. The minimum absolute atomic E-state index is 0.0632. The number of sulfone groups is 1. The number of nitrogens with two attached hydrogens (primary N) is 1. The molecule has 27 heavy (non-hydrogen) atoms. The van der Waals surface area contributed by atoms with Crippen molar-refractivity contribution in [1.29, 1.82) is 0 Å². The highest BCUT2D eigenvalue weighted by atomic mass is 32.2. The quantitative estimate of drug-likeness (QED) is 0.766. The van der Waals surface area contributed by atoms with E-state index in [-0.39, 0.29) is 33.2 Å². The maximum Gasteiger partial charge on any atom is 0.283 e. The number of nitrogen functional groups attached to an aromatic ring is 1. The number of hydrogen-bond acceptors (Lipinski definition) is 9. The molecule has 0 unspecified atom stereocenters. The van der Waals surface area contributed by atoms with Gasteiger partial charge >= 0.3 is 0 Å². The minimum Gasteiger partial charge on any atom is -0.504 e. The minimum atomic E-state index is -3.74. The Kier molecular flexibility index (Phi) is 4.74. The summed E-state index contributed by atoms with van der Waals surface area (Å²) in [6.45, 7) is 3.53. The Labute approximate surface area is 158 Å². The summed E-state index contributed by atoms with van der Waals surface area (Å²) in [7, 11) is -3.74. The number of ketones is 1. The number of carbonyl (C=O) groups is 1. The normalized spacial score (nSPS) is 16.5. The van der Waals surface area contributed by atoms with Crippen LogP contribution in [0, 0.1) is 5.92 Å². The predicted octanol–water partition coefficient (Wildman–Crippen LogP) is 1.13. The van der Waals surface area contributed by atoms with Crippen molar-refractivity contribution in [2.75, 3.05) is 11.5 Å². The van der Waals surface area contributed by atoms with E-state index in [4.69, 9.17) is 5.73 Å². The Hall–Kier alpha value is -2.79. The van der Waals surface area contributed by atoms with Gasteiger partial charge in [0, 0.05) is 11.5 Å². The molecule has 1 aliphatic rings. The fourth-order valence-corrected chi connectivity index (χ4v) is 5.28. The molecule has 0 fully saturated rings. The van der Waals surface area contributed by atoms with E-state index >= 15 is 0 Å². The third-order valence-electron chi connectivity index (χ3n) is 3.66. The summed E-state index contributed by atoms with van der Waals surface area (Å²) < 4.78 is 30.3. The number of aliphatic hydroxyl groups excluding tert-OH is 1. The van der Waals surface area contributed by atoms with Crippen LogP contribution in [0.25, 0.3) is 11.0 Å². The Morgan fingerprint density at radius 3 is 2.67 bits per heavy atom. The van der Waals surface area contributed by atoms with Gasteiger partial charge in [0.1, 0.15) is 5.82 Å². The zero-order chi connectivity index (χ0) is 19.9. The molecule has 0 saturated heterocycles. The fourth-order valence-electron chi connectivity index (χ4n) is 2.53. The van der Waals surface area contributed by atoms with E-state index in [0.29, 0.717) is 5.57 Å². The number of fused-ring (bicyclic) bond motifs is 1. The van der Waals surface area contributed by atoms with Crippen molar-refractivity contribution in [3.8, 4) is 0 Å². The third-order valence-corrected chi connectivity index (χ3v) is 6.41. The molecule has 11 heteroatoms. The average molecular weight is 408 g/mol. The van der Waals surface area contributed by atoms with Crippen molar-refractivity contribution < 1.29 is 18.3 Å². The van der Waals surface area contributed by atoms with E-state index in [1.807, 2.05) is 0 Å². The van der Waals surface area contributed by atoms with Gasteiger partial charge in [-0.15, -0.1) is 0 Å². The summed E-state index contributed by atoms with van der Waals surface area (Å²) >= 11 is 0.763. The highest BCUT2D eigenvalue weighted by Crippen LogP contribution is 2.23. The van der Waals surface area contributed by atoms with Crippen LogP contribution < -0.4 is 11.3 Å². The van der Waals surface area contributed by atoms with Gasteiger partial charge in [-0.3, -0.25) is 9.59 Å². The molecule has 142 valence electrons. The molecule has 0 aromatic carbocycles. The smallest absolute Gasteiger partial charge is 0.283 e. The number of aliphatic hydroxyl groups is 1. The monoisotopic (exact) mass is 408 g/mol. The molecule has 0 atom stereocenters. The number of rotatable bonds is 4. The van der Waals surface area contributed by atoms with Crippen LogP contribution in [0.5, 0.6) is 0 Å². The van der Waals surface area contributed by atoms with Crippen molar-refractivity contribution >= 4 is 44.0 Å². The molecule has 0 saturated carbocycles. The van der Waals surface area contributed by atoms with Crippen LogP contribution in [0.3, 0.4) is 0 Å². The lowest BCUT2D eigenvalue weighted by Crippen LogP contribution is -2.20. The second-order valence-corrected chi connectivity index (χ2v) is 9.00. The molecule has 0 amide bonds. The molecule has 3 rings (SSSR count). The molecule has 3 N–H and O–H groups in total. The number of nitrogens with zero attached hydrogens (tertiary/aromatic N) is 3. The maximum atomic E-state index is 12.6. The van der Waals surface area contributed by atoms with Crippen molar-refractivity contribution in [2.24, 2.45) is 5.92 Å². The van der Waals surface area contributed by atoms with E-state index in [2.05, 4.69) is 9.36 Å². The van der Waals surface area contributed by atoms with E-state index in [1.165, 1.54) is 18.2 Å². The Morgan fingerprint density at radius 1 is 1.33 bits per heavy atom. The molecular formula is C16H16N4O5S2. The molecule has 1 aliphatic carbocycles. The van der Waals surface area contributed by atoms with E-state index < -0.39 is 26.9 Å². The lowest BCUT2D eigenvalue weighted by Gasteiger charge is -2.09. The lowest BCUT2D eigenvalue weighted by atomic mass is 10.1. The lowest BCUT2D eigenvalue weighted by molar-refractivity contribution is -0.113. The van der Waals surface area contributed by atoms with Crippen molar-refractivity contribution in [3.63, 3.8) is 0 Å². The SMILES string of the molecule is CC(C)CS(=O)(=O)c1nsc2nc(=O)c(C=C3C=CC(=O)C(O)=C3)c(N)n12. The number of anilines is 1. The van der Waals surface area contributed by atoms with Crippen LogP contribution >= 0.6 is 11.5 Å². The number of allylic oxidation sites excluding steroid dienone is 4. The van der Waals surface area contributed by atoms with Crippen LogP contribution in [0.2, 0.25) is 0 Å². The first kappa shape index (κ1) is 19.0. The highest BCUT2D eigenvalue weighted by molar-refractivity contribution is 7.91. The molecule has 0 bridgehead atoms. The second kappa shape index (κ2) is 6.74. The zero-order valence-electron chi connectivity index (χ0n) is 14.4. The molecule has 9 nitrogen and oxygen atoms in total. The van der Waals surface area contributed by atoms with Gasteiger partial charge in [0.15, 0.2) is 5.76 Å². The highest BCUT2D eigenvalue weighted by Gasteiger charge is 2.26. The van der Waals surface area contributed by atoms with Crippen LogP contribution in [0.4, 0.5) is 5.82 Å². The Bertz CT molecular complexity index is 1200. The standard InChI is InChI=1S/C16H16N4O5S2/c1-8(2)7-27(24,25)16-19-26-15-18-14(23)10(13(17)20(15)16)5-9-3-4-11(21)12(22)6-9/h3-6,8,22H,7,17H2,1-2H3. The molecule has 0 radical (unpaired) electrons. The second-order valence-electron chi connectivity index (χ2n) is 6.35. The van der Waals surface area contributed by atoms with Crippen molar-refractivity contribution in [1.82, 2.24) is 13.8 Å². The van der Waals surface area contributed by atoms with Crippen LogP contribution in [-0.4, -0.2) is 38.8 Å². The molecule has 2 aromatic heterocycles. The van der Waals surface area contributed by atoms with Crippen molar-refractivity contribution in [2.45, 2.75) is 19.0 Å². The molecule has 0 spiro atoms. The van der Waals surface area contributed by atoms with E-state index in [9.17, 15) is 23.1 Å². The Morgan fingerprint density at radius 2 is 2.04 bits per heavy atom. The largest absolute Gasteiger partial charge is 0.504 e. The van der Waals surface area contributed by atoms with Gasteiger partial charge in [-0.1, -0.05) is 19.9 Å². The maximum absolute atomic E-state index is 12.6. The predicted molar refractivity (Wildman–Crippen MR) is 101 cm³/mol. The van der Waals surface area contributed by atoms with Gasteiger partial charge in [-0.25, -0.2) is 12.8 Å². The fraction of sp³-hybridized carbons (Fsp3) is 0.250. The van der Waals surface area contributed by atoms with Crippen LogP contribution in [-0.2, 0) is 14.6 Å². The molecule has 2 aromatic rings. The van der Waals surface area contributed by atoms with Gasteiger partial charge in [-0.2, -0.15) is 9.36 Å². The van der Waals surface area contributed by atoms with Gasteiger partial charge in [0.05, 0.1) is 11.3 Å². The molecular weight excluding hydrogens is 392 g/mol. The van der Waals surface area contributed by atoms with E-state index in [0.717, 1.165) is 22.0 Å².